The summed E-state index contributed by atoms with van der Waals surface area (Å²) < 4.78 is 13.3. The van der Waals surface area contributed by atoms with Gasteiger partial charge in [-0.05, 0) is 24.6 Å². The molecule has 0 saturated carbocycles. The van der Waals surface area contributed by atoms with Crippen molar-refractivity contribution in [3.8, 4) is 0 Å². The summed E-state index contributed by atoms with van der Waals surface area (Å²) in [5.74, 6) is -1.42. The van der Waals surface area contributed by atoms with Crippen molar-refractivity contribution in [3.05, 3.63) is 34.6 Å². The summed E-state index contributed by atoms with van der Waals surface area (Å²) in [4.78, 5) is 10.3. The van der Waals surface area contributed by atoms with E-state index in [4.69, 9.17) is 28.3 Å². The number of aliphatic carboxylic acids is 1. The Hall–Kier alpha value is -0.800. The Balaban J connectivity index is 2.76. The Morgan fingerprint density at radius 3 is 2.80 bits per heavy atom. The van der Waals surface area contributed by atoms with Crippen LogP contribution in [0.5, 0.6) is 0 Å². The predicted octanol–water partition coefficient (Wildman–Crippen LogP) is 3.62. The van der Waals surface area contributed by atoms with E-state index in [1.165, 1.54) is 18.2 Å². The molecule has 0 fully saturated rings. The molecule has 0 bridgehead atoms. The minimum atomic E-state index is -0.955. The summed E-state index contributed by atoms with van der Waals surface area (Å²) in [7, 11) is 0. The van der Waals surface area contributed by atoms with Gasteiger partial charge in [0, 0.05) is 17.0 Å². The minimum absolute atomic E-state index is 0.0971. The number of alkyl halides is 1. The monoisotopic (exact) mass is 250 g/mol. The van der Waals surface area contributed by atoms with Crippen LogP contribution in [-0.2, 0) is 4.79 Å². The molecular formula is C10H9Cl2FO2. The van der Waals surface area contributed by atoms with Gasteiger partial charge in [0.05, 0.1) is 5.38 Å². The van der Waals surface area contributed by atoms with Crippen LogP contribution in [0.2, 0.25) is 5.02 Å². The molecule has 0 amide bonds. The summed E-state index contributed by atoms with van der Waals surface area (Å²) >= 11 is 11.5. The summed E-state index contributed by atoms with van der Waals surface area (Å²) in [5.41, 5.74) is 0.241. The van der Waals surface area contributed by atoms with E-state index in [9.17, 15) is 9.18 Å². The zero-order valence-electron chi connectivity index (χ0n) is 7.71. The second-order valence-electron chi connectivity index (χ2n) is 3.07. The van der Waals surface area contributed by atoms with Gasteiger partial charge in [0.1, 0.15) is 5.82 Å². The molecule has 5 heteroatoms. The molecule has 0 aliphatic carbocycles. The number of rotatable bonds is 4. The number of hydrogen-bond acceptors (Lipinski definition) is 1. The number of carboxylic acid groups (broad SMARTS) is 1. The molecule has 0 heterocycles. The van der Waals surface area contributed by atoms with Gasteiger partial charge in [0.25, 0.3) is 0 Å². The van der Waals surface area contributed by atoms with E-state index < -0.39 is 17.2 Å². The Morgan fingerprint density at radius 2 is 2.20 bits per heavy atom. The first kappa shape index (κ1) is 12.3. The van der Waals surface area contributed by atoms with Crippen LogP contribution in [0, 0.1) is 5.82 Å². The first-order valence-electron chi connectivity index (χ1n) is 4.31. The highest BCUT2D eigenvalue weighted by Crippen LogP contribution is 2.29. The number of halogens is 3. The molecule has 0 aromatic heterocycles. The van der Waals surface area contributed by atoms with Crippen LogP contribution in [-0.4, -0.2) is 11.1 Å². The molecule has 82 valence electrons. The normalized spacial score (nSPS) is 12.5. The topological polar surface area (TPSA) is 37.3 Å². The van der Waals surface area contributed by atoms with Crippen molar-refractivity contribution in [1.82, 2.24) is 0 Å². The van der Waals surface area contributed by atoms with Gasteiger partial charge in [0.2, 0.25) is 0 Å². The summed E-state index contributed by atoms with van der Waals surface area (Å²) in [6, 6.07) is 4.05. The summed E-state index contributed by atoms with van der Waals surface area (Å²) in [5, 5.41) is 8.17. The van der Waals surface area contributed by atoms with E-state index in [1.54, 1.807) is 0 Å². The molecule has 0 aliphatic heterocycles. The molecule has 0 spiro atoms. The molecule has 0 saturated heterocycles. The van der Waals surface area contributed by atoms with Crippen LogP contribution in [0.4, 0.5) is 4.39 Å². The van der Waals surface area contributed by atoms with Crippen LogP contribution < -0.4 is 0 Å². The maximum absolute atomic E-state index is 13.3. The van der Waals surface area contributed by atoms with Crippen molar-refractivity contribution in [3.63, 3.8) is 0 Å². The third-order valence-corrected chi connectivity index (χ3v) is 2.60. The highest BCUT2D eigenvalue weighted by Gasteiger charge is 2.14. The van der Waals surface area contributed by atoms with Crippen LogP contribution in [0.3, 0.4) is 0 Å². The molecule has 1 unspecified atom stereocenters. The SMILES string of the molecule is O=C(O)CCC(Cl)c1cc(Cl)ccc1F. The predicted molar refractivity (Wildman–Crippen MR) is 56.9 cm³/mol. The van der Waals surface area contributed by atoms with E-state index in [0.29, 0.717) is 5.02 Å². The molecule has 1 atom stereocenters. The van der Waals surface area contributed by atoms with Crippen molar-refractivity contribution in [2.24, 2.45) is 0 Å². The lowest BCUT2D eigenvalue weighted by Crippen LogP contribution is -2.00. The second kappa shape index (κ2) is 5.33. The fourth-order valence-electron chi connectivity index (χ4n) is 1.16. The van der Waals surface area contributed by atoms with Crippen LogP contribution >= 0.6 is 23.2 Å². The van der Waals surface area contributed by atoms with E-state index in [-0.39, 0.29) is 18.4 Å². The molecule has 1 aromatic rings. The van der Waals surface area contributed by atoms with E-state index in [2.05, 4.69) is 0 Å². The van der Waals surface area contributed by atoms with E-state index in [1.807, 2.05) is 0 Å². The highest BCUT2D eigenvalue weighted by atomic mass is 35.5. The minimum Gasteiger partial charge on any atom is -0.481 e. The third-order valence-electron chi connectivity index (χ3n) is 1.91. The lowest BCUT2D eigenvalue weighted by molar-refractivity contribution is -0.137. The molecule has 1 N–H and O–H groups in total. The van der Waals surface area contributed by atoms with Gasteiger partial charge in [-0.2, -0.15) is 0 Å². The molecule has 1 rings (SSSR count). The van der Waals surface area contributed by atoms with E-state index >= 15 is 0 Å². The zero-order chi connectivity index (χ0) is 11.4. The molecular weight excluding hydrogens is 242 g/mol. The fourth-order valence-corrected chi connectivity index (χ4v) is 1.62. The van der Waals surface area contributed by atoms with Crippen molar-refractivity contribution >= 4 is 29.2 Å². The number of carboxylic acids is 1. The first-order valence-corrected chi connectivity index (χ1v) is 5.13. The van der Waals surface area contributed by atoms with Crippen molar-refractivity contribution < 1.29 is 14.3 Å². The van der Waals surface area contributed by atoms with Gasteiger partial charge in [-0.15, -0.1) is 11.6 Å². The zero-order valence-corrected chi connectivity index (χ0v) is 9.22. The van der Waals surface area contributed by atoms with Crippen molar-refractivity contribution in [2.75, 3.05) is 0 Å². The third kappa shape index (κ3) is 3.68. The van der Waals surface area contributed by atoms with Crippen LogP contribution in [0.1, 0.15) is 23.8 Å². The summed E-state index contributed by atoms with van der Waals surface area (Å²) in [6.45, 7) is 0. The first-order chi connectivity index (χ1) is 7.00. The molecule has 0 aliphatic rings. The Morgan fingerprint density at radius 1 is 1.53 bits per heavy atom. The lowest BCUT2D eigenvalue weighted by atomic mass is 10.1. The lowest BCUT2D eigenvalue weighted by Gasteiger charge is -2.09. The largest absolute Gasteiger partial charge is 0.481 e. The maximum atomic E-state index is 13.3. The van der Waals surface area contributed by atoms with Gasteiger partial charge in [-0.1, -0.05) is 11.6 Å². The average molecular weight is 251 g/mol. The van der Waals surface area contributed by atoms with Gasteiger partial charge in [-0.3, -0.25) is 4.79 Å². The standard InChI is InChI=1S/C10H9Cl2FO2/c11-6-1-3-9(13)7(5-6)8(12)2-4-10(14)15/h1,3,5,8H,2,4H2,(H,14,15). The molecule has 2 nitrogen and oxygen atoms in total. The maximum Gasteiger partial charge on any atom is 0.303 e. The van der Waals surface area contributed by atoms with Gasteiger partial charge in [-0.25, -0.2) is 4.39 Å². The Bertz CT molecular complexity index is 368. The quantitative estimate of drug-likeness (QED) is 0.829. The van der Waals surface area contributed by atoms with Crippen molar-refractivity contribution in [1.29, 1.82) is 0 Å². The molecule has 15 heavy (non-hydrogen) atoms. The molecule has 0 radical (unpaired) electrons. The Labute approximate surface area is 96.6 Å². The van der Waals surface area contributed by atoms with Gasteiger partial charge in [0.15, 0.2) is 0 Å². The molecule has 1 aromatic carbocycles. The number of carbonyl (C=O) groups is 1. The van der Waals surface area contributed by atoms with E-state index in [0.717, 1.165) is 0 Å². The average Bonchev–Trinajstić information content (AvgIpc) is 2.18. The van der Waals surface area contributed by atoms with Crippen LogP contribution in [0.25, 0.3) is 0 Å². The smallest absolute Gasteiger partial charge is 0.303 e. The highest BCUT2D eigenvalue weighted by molar-refractivity contribution is 6.30. The summed E-state index contributed by atoms with van der Waals surface area (Å²) in [6.07, 6.45) is 0.0776. The number of benzene rings is 1. The Kier molecular flexibility index (Phi) is 4.36. The number of hydrogen-bond donors (Lipinski definition) is 1. The van der Waals surface area contributed by atoms with Gasteiger partial charge >= 0.3 is 5.97 Å². The second-order valence-corrected chi connectivity index (χ2v) is 4.03. The fraction of sp³-hybridized carbons (Fsp3) is 0.300. The van der Waals surface area contributed by atoms with Crippen LogP contribution in [0.15, 0.2) is 18.2 Å². The van der Waals surface area contributed by atoms with Crippen molar-refractivity contribution in [2.45, 2.75) is 18.2 Å². The van der Waals surface area contributed by atoms with Gasteiger partial charge < -0.3 is 5.11 Å².